The van der Waals surface area contributed by atoms with Gasteiger partial charge in [0.25, 0.3) is 5.91 Å². The summed E-state index contributed by atoms with van der Waals surface area (Å²) in [6.07, 6.45) is 1.14. The minimum absolute atomic E-state index is 0.103. The molecule has 1 atom stereocenters. The molecule has 2 heterocycles. The largest absolute Gasteiger partial charge is 0.449 e. The van der Waals surface area contributed by atoms with E-state index >= 15 is 0 Å². The van der Waals surface area contributed by atoms with Gasteiger partial charge in [-0.3, -0.25) is 4.79 Å². The maximum absolute atomic E-state index is 12.6. The fraction of sp³-hybridized carbons (Fsp3) is 0.235. The van der Waals surface area contributed by atoms with Gasteiger partial charge in [0.15, 0.2) is 6.10 Å². The van der Waals surface area contributed by atoms with Crippen LogP contribution in [0.2, 0.25) is 10.2 Å². The van der Waals surface area contributed by atoms with E-state index in [0.29, 0.717) is 6.54 Å². The number of hydrogen-bond donors (Lipinski definition) is 0. The van der Waals surface area contributed by atoms with Crippen molar-refractivity contribution < 1.29 is 14.3 Å². The summed E-state index contributed by atoms with van der Waals surface area (Å²) in [6.45, 7) is 2.13. The Hall–Kier alpha value is -2.11. The van der Waals surface area contributed by atoms with Crippen LogP contribution in [0.5, 0.6) is 0 Å². The average Bonchev–Trinajstić information content (AvgIpc) is 3.00. The fourth-order valence-corrected chi connectivity index (χ4v) is 2.87. The lowest BCUT2D eigenvalue weighted by Crippen LogP contribution is -2.39. The third-order valence-corrected chi connectivity index (χ3v) is 4.50. The first kappa shape index (κ1) is 16.7. The lowest BCUT2D eigenvalue weighted by Gasteiger charge is -2.21. The lowest BCUT2D eigenvalue weighted by molar-refractivity contribution is -0.126. The summed E-state index contributed by atoms with van der Waals surface area (Å²) in [6, 6.07) is 9.05. The molecular formula is C17H14Cl2N2O3. The van der Waals surface area contributed by atoms with E-state index in [1.807, 2.05) is 24.3 Å². The number of nitrogens with zero attached hydrogens (tertiary/aromatic N) is 2. The van der Waals surface area contributed by atoms with Crippen LogP contribution >= 0.6 is 23.2 Å². The van der Waals surface area contributed by atoms with E-state index in [0.717, 1.165) is 17.7 Å². The molecule has 0 saturated heterocycles. The summed E-state index contributed by atoms with van der Waals surface area (Å²) in [4.78, 5) is 30.2. The maximum Gasteiger partial charge on any atom is 0.340 e. The number of hydrogen-bond acceptors (Lipinski definition) is 4. The Bertz CT molecular complexity index is 810. The van der Waals surface area contributed by atoms with Gasteiger partial charge in [-0.25, -0.2) is 9.78 Å². The second-order valence-electron chi connectivity index (χ2n) is 5.41. The average molecular weight is 365 g/mol. The Kier molecular flexibility index (Phi) is 4.73. The second-order valence-corrected chi connectivity index (χ2v) is 6.18. The lowest BCUT2D eigenvalue weighted by atomic mass is 10.2. The number of halogens is 2. The third-order valence-electron chi connectivity index (χ3n) is 3.82. The van der Waals surface area contributed by atoms with Gasteiger partial charge in [0, 0.05) is 18.4 Å². The van der Waals surface area contributed by atoms with Crippen molar-refractivity contribution in [3.8, 4) is 0 Å². The number of amides is 1. The molecule has 0 bridgehead atoms. The van der Waals surface area contributed by atoms with Crippen LogP contribution in [-0.4, -0.2) is 29.5 Å². The normalized spacial score (nSPS) is 14.2. The summed E-state index contributed by atoms with van der Waals surface area (Å²) in [5, 5.41) is 0.254. The zero-order chi connectivity index (χ0) is 17.3. The standard InChI is InChI=1S/C17H14Cl2N2O3/c1-10(24-17(23)12-8-13(18)15(19)20-9-12)16(22)21-7-6-11-4-2-3-5-14(11)21/h2-5,8-10H,6-7H2,1H3/t10-/m0/s1. The van der Waals surface area contributed by atoms with Crippen molar-refractivity contribution in [2.45, 2.75) is 19.4 Å². The number of anilines is 1. The summed E-state index contributed by atoms with van der Waals surface area (Å²) in [5.41, 5.74) is 2.12. The molecule has 1 aromatic heterocycles. The number of pyridine rings is 1. The van der Waals surface area contributed by atoms with E-state index in [4.69, 9.17) is 27.9 Å². The molecule has 1 amide bonds. The van der Waals surface area contributed by atoms with Crippen LogP contribution in [0.25, 0.3) is 0 Å². The Labute approximate surface area is 149 Å². The van der Waals surface area contributed by atoms with Crippen molar-refractivity contribution in [1.82, 2.24) is 4.98 Å². The molecule has 0 N–H and O–H groups in total. The predicted molar refractivity (Wildman–Crippen MR) is 91.6 cm³/mol. The quantitative estimate of drug-likeness (QED) is 0.617. The van der Waals surface area contributed by atoms with Gasteiger partial charge in [0.2, 0.25) is 0 Å². The minimum atomic E-state index is -0.918. The van der Waals surface area contributed by atoms with E-state index in [2.05, 4.69) is 4.98 Å². The van der Waals surface area contributed by atoms with Crippen molar-refractivity contribution in [2.24, 2.45) is 0 Å². The zero-order valence-corrected chi connectivity index (χ0v) is 14.3. The highest BCUT2D eigenvalue weighted by molar-refractivity contribution is 6.41. The number of rotatable bonds is 3. The Balaban J connectivity index is 1.70. The van der Waals surface area contributed by atoms with Gasteiger partial charge in [-0.2, -0.15) is 0 Å². The van der Waals surface area contributed by atoms with E-state index in [-0.39, 0.29) is 21.6 Å². The first-order valence-electron chi connectivity index (χ1n) is 7.38. The van der Waals surface area contributed by atoms with Gasteiger partial charge < -0.3 is 9.64 Å². The minimum Gasteiger partial charge on any atom is -0.449 e. The second kappa shape index (κ2) is 6.79. The first-order valence-corrected chi connectivity index (χ1v) is 8.14. The number of esters is 1. The van der Waals surface area contributed by atoms with Crippen LogP contribution in [0.15, 0.2) is 36.5 Å². The van der Waals surface area contributed by atoms with Crippen molar-refractivity contribution in [3.63, 3.8) is 0 Å². The van der Waals surface area contributed by atoms with Gasteiger partial charge in [-0.15, -0.1) is 0 Å². The number of para-hydroxylation sites is 1. The summed E-state index contributed by atoms with van der Waals surface area (Å²) >= 11 is 11.6. The molecule has 1 aromatic carbocycles. The first-order chi connectivity index (χ1) is 11.5. The highest BCUT2D eigenvalue weighted by atomic mass is 35.5. The zero-order valence-electron chi connectivity index (χ0n) is 12.8. The van der Waals surface area contributed by atoms with Crippen molar-refractivity contribution in [2.75, 3.05) is 11.4 Å². The molecule has 0 aliphatic carbocycles. The van der Waals surface area contributed by atoms with Gasteiger partial charge in [0.1, 0.15) is 5.15 Å². The molecule has 0 saturated carbocycles. The summed E-state index contributed by atoms with van der Waals surface area (Å²) in [5.74, 6) is -0.935. The van der Waals surface area contributed by atoms with Crippen molar-refractivity contribution >= 4 is 40.8 Å². The topological polar surface area (TPSA) is 59.5 Å². The number of aromatic nitrogens is 1. The van der Waals surface area contributed by atoms with Gasteiger partial charge in [0.05, 0.1) is 10.6 Å². The monoisotopic (exact) mass is 364 g/mol. The van der Waals surface area contributed by atoms with Gasteiger partial charge in [-0.05, 0) is 31.0 Å². The maximum atomic E-state index is 12.6. The highest BCUT2D eigenvalue weighted by Crippen LogP contribution is 2.28. The predicted octanol–water partition coefficient (Wildman–Crippen LogP) is 3.52. The molecule has 0 radical (unpaired) electrons. The number of carbonyl (C=O) groups is 2. The van der Waals surface area contributed by atoms with Crippen LogP contribution in [0, 0.1) is 0 Å². The molecule has 0 fully saturated rings. The number of benzene rings is 1. The van der Waals surface area contributed by atoms with E-state index < -0.39 is 12.1 Å². The molecule has 3 rings (SSSR count). The molecule has 1 aliphatic heterocycles. The van der Waals surface area contributed by atoms with Gasteiger partial charge >= 0.3 is 5.97 Å². The molecule has 7 heteroatoms. The third kappa shape index (κ3) is 3.23. The SMILES string of the molecule is C[C@H](OC(=O)c1cnc(Cl)c(Cl)c1)C(=O)N1CCc2ccccc21. The Morgan fingerprint density at radius 3 is 2.79 bits per heavy atom. The van der Waals surface area contributed by atoms with E-state index in [1.165, 1.54) is 12.3 Å². The van der Waals surface area contributed by atoms with Gasteiger partial charge in [-0.1, -0.05) is 41.4 Å². The number of ether oxygens (including phenoxy) is 1. The fourth-order valence-electron chi connectivity index (χ4n) is 2.60. The van der Waals surface area contributed by atoms with Crippen LogP contribution in [0.4, 0.5) is 5.69 Å². The molecule has 24 heavy (non-hydrogen) atoms. The Morgan fingerprint density at radius 2 is 2.04 bits per heavy atom. The Morgan fingerprint density at radius 1 is 1.29 bits per heavy atom. The number of carbonyl (C=O) groups excluding carboxylic acids is 2. The molecular weight excluding hydrogens is 351 g/mol. The summed E-state index contributed by atoms with van der Waals surface area (Å²) in [7, 11) is 0. The molecule has 0 unspecified atom stereocenters. The van der Waals surface area contributed by atoms with Crippen molar-refractivity contribution in [1.29, 1.82) is 0 Å². The van der Waals surface area contributed by atoms with Crippen LogP contribution in [0.3, 0.4) is 0 Å². The smallest absolute Gasteiger partial charge is 0.340 e. The van der Waals surface area contributed by atoms with Crippen molar-refractivity contribution in [3.05, 3.63) is 57.8 Å². The van der Waals surface area contributed by atoms with E-state index in [9.17, 15) is 9.59 Å². The molecule has 1 aliphatic rings. The highest BCUT2D eigenvalue weighted by Gasteiger charge is 2.30. The van der Waals surface area contributed by atoms with Crippen LogP contribution in [0.1, 0.15) is 22.8 Å². The van der Waals surface area contributed by atoms with Crippen LogP contribution in [-0.2, 0) is 16.0 Å². The number of fused-ring (bicyclic) bond motifs is 1. The molecule has 5 nitrogen and oxygen atoms in total. The van der Waals surface area contributed by atoms with E-state index in [1.54, 1.807) is 11.8 Å². The molecule has 2 aromatic rings. The molecule has 0 spiro atoms. The van der Waals surface area contributed by atoms with Crippen LogP contribution < -0.4 is 4.90 Å². The molecule has 124 valence electrons. The summed E-state index contributed by atoms with van der Waals surface area (Å²) < 4.78 is 5.25.